The van der Waals surface area contributed by atoms with Crippen LogP contribution in [0.25, 0.3) is 0 Å². The average molecular weight is 388 g/mol. The number of hydrogen-bond donors (Lipinski definition) is 1. The number of nitrogens with one attached hydrogen (secondary N) is 1. The minimum atomic E-state index is -4.49. The summed E-state index contributed by atoms with van der Waals surface area (Å²) in [6.45, 7) is 4.77. The van der Waals surface area contributed by atoms with E-state index in [1.54, 1.807) is 0 Å². The van der Waals surface area contributed by atoms with Crippen LogP contribution in [0.15, 0.2) is 6.07 Å². The van der Waals surface area contributed by atoms with Crippen molar-refractivity contribution in [1.82, 2.24) is 24.9 Å². The maximum atomic E-state index is 12.6. The fraction of sp³-hybridized carbons (Fsp3) is 0.533. The maximum absolute atomic E-state index is 12.6. The molecule has 12 heteroatoms. The van der Waals surface area contributed by atoms with Gasteiger partial charge in [-0.3, -0.25) is 24.3 Å². The third-order valence-electron chi connectivity index (χ3n) is 3.96. The van der Waals surface area contributed by atoms with Gasteiger partial charge in [-0.2, -0.15) is 23.4 Å². The van der Waals surface area contributed by atoms with Gasteiger partial charge < -0.3 is 5.32 Å². The molecule has 148 valence electrons. The van der Waals surface area contributed by atoms with Gasteiger partial charge in [-0.25, -0.2) is 0 Å². The second kappa shape index (κ2) is 7.76. The van der Waals surface area contributed by atoms with Crippen molar-refractivity contribution >= 4 is 11.6 Å². The minimum Gasteiger partial charge on any atom is -0.354 e. The highest BCUT2D eigenvalue weighted by molar-refractivity contribution is 5.75. The van der Waals surface area contributed by atoms with Gasteiger partial charge in [0.2, 0.25) is 5.91 Å². The number of amides is 1. The molecular weight excluding hydrogens is 369 g/mol. The second-order valence-electron chi connectivity index (χ2n) is 6.03. The molecule has 0 aromatic carbocycles. The average Bonchev–Trinajstić information content (AvgIpc) is 3.04. The van der Waals surface area contributed by atoms with E-state index in [2.05, 4.69) is 15.5 Å². The number of rotatable bonds is 7. The van der Waals surface area contributed by atoms with Gasteiger partial charge in [0.25, 0.3) is 0 Å². The van der Waals surface area contributed by atoms with Crippen LogP contribution in [0.3, 0.4) is 0 Å². The van der Waals surface area contributed by atoms with Gasteiger partial charge in [0.15, 0.2) is 5.69 Å². The SMILES string of the molecule is Cc1nn(CC(=O)NCCCn2nc(C(F)(F)F)cc2C)c(C)c1[N+](=O)[O-]. The molecule has 0 aliphatic rings. The normalized spacial score (nSPS) is 11.6. The van der Waals surface area contributed by atoms with Crippen molar-refractivity contribution < 1.29 is 22.9 Å². The van der Waals surface area contributed by atoms with Crippen molar-refractivity contribution in [3.8, 4) is 0 Å². The Morgan fingerprint density at radius 3 is 2.44 bits per heavy atom. The van der Waals surface area contributed by atoms with Gasteiger partial charge >= 0.3 is 11.9 Å². The standard InChI is InChI=1S/C15H19F3N6O3/c1-9-7-12(15(16,17)18)21-22(9)6-4-5-19-13(25)8-23-11(3)14(24(26)27)10(2)20-23/h7H,4-6,8H2,1-3H3,(H,19,25). The molecule has 0 radical (unpaired) electrons. The minimum absolute atomic E-state index is 0.127. The highest BCUT2D eigenvalue weighted by atomic mass is 19.4. The Hall–Kier alpha value is -2.92. The molecule has 1 amide bonds. The molecule has 0 aliphatic heterocycles. The molecule has 2 aromatic heterocycles. The lowest BCUT2D eigenvalue weighted by Crippen LogP contribution is -2.29. The van der Waals surface area contributed by atoms with Crippen LogP contribution < -0.4 is 5.32 Å². The summed E-state index contributed by atoms with van der Waals surface area (Å²) >= 11 is 0. The molecule has 0 bridgehead atoms. The Bertz CT molecular complexity index is 856. The van der Waals surface area contributed by atoms with Crippen molar-refractivity contribution in [1.29, 1.82) is 0 Å². The fourth-order valence-corrected chi connectivity index (χ4v) is 2.63. The summed E-state index contributed by atoms with van der Waals surface area (Å²) in [6.07, 6.45) is -4.12. The van der Waals surface area contributed by atoms with Crippen LogP contribution in [-0.4, -0.2) is 36.9 Å². The summed E-state index contributed by atoms with van der Waals surface area (Å²) in [7, 11) is 0. The maximum Gasteiger partial charge on any atom is 0.435 e. The zero-order valence-corrected chi connectivity index (χ0v) is 15.0. The molecule has 2 aromatic rings. The lowest BCUT2D eigenvalue weighted by atomic mass is 10.3. The van der Waals surface area contributed by atoms with Crippen molar-refractivity contribution in [2.45, 2.75) is 46.5 Å². The fourth-order valence-electron chi connectivity index (χ4n) is 2.63. The molecular formula is C15H19F3N6O3. The zero-order chi connectivity index (χ0) is 20.4. The van der Waals surface area contributed by atoms with E-state index in [1.165, 1.54) is 30.1 Å². The van der Waals surface area contributed by atoms with Crippen LogP contribution in [0.2, 0.25) is 0 Å². The van der Waals surface area contributed by atoms with Crippen LogP contribution in [-0.2, 0) is 24.1 Å². The van der Waals surface area contributed by atoms with E-state index in [9.17, 15) is 28.1 Å². The number of nitro groups is 1. The lowest BCUT2D eigenvalue weighted by Gasteiger charge is -2.08. The van der Waals surface area contributed by atoms with Crippen LogP contribution in [0.4, 0.5) is 18.9 Å². The Morgan fingerprint density at radius 1 is 1.26 bits per heavy atom. The molecule has 27 heavy (non-hydrogen) atoms. The number of aryl methyl sites for hydroxylation is 3. The van der Waals surface area contributed by atoms with Gasteiger partial charge in [-0.1, -0.05) is 0 Å². The van der Waals surface area contributed by atoms with E-state index in [1.807, 2.05) is 0 Å². The number of carbonyl (C=O) groups excluding carboxylic acids is 1. The van der Waals surface area contributed by atoms with E-state index in [0.29, 0.717) is 12.1 Å². The Kier molecular flexibility index (Phi) is 5.86. The Morgan fingerprint density at radius 2 is 1.93 bits per heavy atom. The third kappa shape index (κ3) is 4.83. The molecule has 0 spiro atoms. The number of halogens is 3. The van der Waals surface area contributed by atoms with Crippen LogP contribution in [0.5, 0.6) is 0 Å². The molecule has 2 rings (SSSR count). The van der Waals surface area contributed by atoms with E-state index in [4.69, 9.17) is 0 Å². The second-order valence-corrected chi connectivity index (χ2v) is 6.03. The first-order valence-corrected chi connectivity index (χ1v) is 8.07. The van der Waals surface area contributed by atoms with Gasteiger partial charge in [0.1, 0.15) is 17.9 Å². The van der Waals surface area contributed by atoms with Gasteiger partial charge in [-0.15, -0.1) is 0 Å². The molecule has 0 fully saturated rings. The first-order chi connectivity index (χ1) is 12.5. The van der Waals surface area contributed by atoms with E-state index in [0.717, 1.165) is 6.07 Å². The molecule has 0 atom stereocenters. The topological polar surface area (TPSA) is 108 Å². The summed E-state index contributed by atoms with van der Waals surface area (Å²) < 4.78 is 40.3. The van der Waals surface area contributed by atoms with Gasteiger partial charge in [-0.05, 0) is 33.3 Å². The Balaban J connectivity index is 1.85. The number of nitrogens with zero attached hydrogens (tertiary/aromatic N) is 5. The smallest absolute Gasteiger partial charge is 0.354 e. The summed E-state index contributed by atoms with van der Waals surface area (Å²) in [4.78, 5) is 22.4. The van der Waals surface area contributed by atoms with Gasteiger partial charge in [0.05, 0.1) is 4.92 Å². The number of carbonyl (C=O) groups is 1. The van der Waals surface area contributed by atoms with Crippen molar-refractivity contribution in [3.63, 3.8) is 0 Å². The largest absolute Gasteiger partial charge is 0.435 e. The highest BCUT2D eigenvalue weighted by Crippen LogP contribution is 2.28. The lowest BCUT2D eigenvalue weighted by molar-refractivity contribution is -0.386. The molecule has 2 heterocycles. The first-order valence-electron chi connectivity index (χ1n) is 8.07. The monoisotopic (exact) mass is 388 g/mol. The third-order valence-corrected chi connectivity index (χ3v) is 3.96. The van der Waals surface area contributed by atoms with Crippen LogP contribution >= 0.6 is 0 Å². The van der Waals surface area contributed by atoms with Crippen LogP contribution in [0, 0.1) is 30.9 Å². The van der Waals surface area contributed by atoms with E-state index < -0.39 is 22.7 Å². The molecule has 0 saturated heterocycles. The first kappa shape index (κ1) is 20.4. The number of hydrogen-bond acceptors (Lipinski definition) is 5. The summed E-state index contributed by atoms with van der Waals surface area (Å²) in [5.41, 5.74) is -0.199. The number of alkyl halides is 3. The predicted octanol–water partition coefficient (Wildman–Crippen LogP) is 2.14. The Labute approximate surface area is 152 Å². The van der Waals surface area contributed by atoms with Crippen molar-refractivity contribution in [2.24, 2.45) is 0 Å². The summed E-state index contributed by atoms with van der Waals surface area (Å²) in [5, 5.41) is 21.0. The van der Waals surface area contributed by atoms with Crippen molar-refractivity contribution in [3.05, 3.63) is 39.0 Å². The quantitative estimate of drug-likeness (QED) is 0.444. The molecule has 0 saturated carbocycles. The predicted molar refractivity (Wildman–Crippen MR) is 87.9 cm³/mol. The van der Waals surface area contributed by atoms with Crippen molar-refractivity contribution in [2.75, 3.05) is 6.54 Å². The summed E-state index contributed by atoms with van der Waals surface area (Å²) in [5.74, 6) is -0.399. The highest BCUT2D eigenvalue weighted by Gasteiger charge is 2.34. The van der Waals surface area contributed by atoms with E-state index >= 15 is 0 Å². The molecule has 9 nitrogen and oxygen atoms in total. The van der Waals surface area contributed by atoms with Gasteiger partial charge in [0, 0.05) is 18.8 Å². The van der Waals surface area contributed by atoms with Crippen LogP contribution in [0.1, 0.15) is 29.2 Å². The molecule has 0 aliphatic carbocycles. The molecule has 1 N–H and O–H groups in total. The molecule has 0 unspecified atom stereocenters. The zero-order valence-electron chi connectivity index (χ0n) is 15.0. The summed E-state index contributed by atoms with van der Waals surface area (Å²) in [6, 6.07) is 0.967. The number of aromatic nitrogens is 4. The van der Waals surface area contributed by atoms with E-state index in [-0.39, 0.29) is 36.7 Å².